The largest absolute Gasteiger partial charge is 0.350 e. The van der Waals surface area contributed by atoms with Crippen LogP contribution in [0.4, 0.5) is 4.39 Å². The van der Waals surface area contributed by atoms with Gasteiger partial charge in [0, 0.05) is 24.0 Å². The summed E-state index contributed by atoms with van der Waals surface area (Å²) in [5.74, 6) is 0.176. The number of hydrogen-bond donors (Lipinski definition) is 1. The lowest BCUT2D eigenvalue weighted by Gasteiger charge is -2.36. The van der Waals surface area contributed by atoms with Crippen LogP contribution in [0.1, 0.15) is 43.1 Å². The summed E-state index contributed by atoms with van der Waals surface area (Å²) in [6.07, 6.45) is 4.65. The first-order valence-corrected chi connectivity index (χ1v) is 7.62. The van der Waals surface area contributed by atoms with E-state index in [0.717, 1.165) is 6.42 Å². The average Bonchev–Trinajstić information content (AvgIpc) is 2.92. The molecule has 0 bridgehead atoms. The fourth-order valence-electron chi connectivity index (χ4n) is 3.45. The predicted molar refractivity (Wildman–Crippen MR) is 81.8 cm³/mol. The van der Waals surface area contributed by atoms with E-state index in [-0.39, 0.29) is 17.8 Å². The Morgan fingerprint density at radius 3 is 2.81 bits per heavy atom. The molecule has 21 heavy (non-hydrogen) atoms. The maximum absolute atomic E-state index is 13.7. The standard InChI is InChI=1S/C17H21FN2O/c1-11-6-3-4-9-16(11)20(2)17(21)15-10-12-13(18)7-5-8-14(12)19-15/h5,7-8,10-11,16,19H,3-4,6,9H2,1-2H3. The molecule has 1 N–H and O–H groups in total. The molecule has 1 aliphatic rings. The Balaban J connectivity index is 1.87. The molecular formula is C17H21FN2O. The SMILES string of the molecule is CC1CCCCC1N(C)C(=O)c1cc2c(F)cccc2[nH]1. The van der Waals surface area contributed by atoms with Gasteiger partial charge in [0.25, 0.3) is 5.91 Å². The van der Waals surface area contributed by atoms with Gasteiger partial charge >= 0.3 is 0 Å². The van der Waals surface area contributed by atoms with E-state index < -0.39 is 0 Å². The monoisotopic (exact) mass is 288 g/mol. The highest BCUT2D eigenvalue weighted by molar-refractivity contribution is 5.98. The number of nitrogens with one attached hydrogen (secondary N) is 1. The summed E-state index contributed by atoms with van der Waals surface area (Å²) in [4.78, 5) is 17.5. The van der Waals surface area contributed by atoms with Crippen LogP contribution in [-0.4, -0.2) is 28.9 Å². The van der Waals surface area contributed by atoms with Crippen LogP contribution in [-0.2, 0) is 0 Å². The molecule has 2 unspecified atom stereocenters. The third-order valence-electron chi connectivity index (χ3n) is 4.73. The number of rotatable bonds is 2. The number of amides is 1. The molecule has 1 aliphatic carbocycles. The first-order valence-electron chi connectivity index (χ1n) is 7.62. The second-order valence-corrected chi connectivity index (χ2v) is 6.13. The van der Waals surface area contributed by atoms with Gasteiger partial charge in [0.05, 0.1) is 0 Å². The first kappa shape index (κ1) is 14.1. The summed E-state index contributed by atoms with van der Waals surface area (Å²) >= 11 is 0. The topological polar surface area (TPSA) is 36.1 Å². The third kappa shape index (κ3) is 2.55. The van der Waals surface area contributed by atoms with E-state index in [0.29, 0.717) is 22.5 Å². The number of nitrogens with zero attached hydrogens (tertiary/aromatic N) is 1. The highest BCUT2D eigenvalue weighted by Gasteiger charge is 2.29. The smallest absolute Gasteiger partial charge is 0.270 e. The number of aromatic amines is 1. The quantitative estimate of drug-likeness (QED) is 0.892. The number of fused-ring (bicyclic) bond motifs is 1. The van der Waals surface area contributed by atoms with Crippen LogP contribution in [0.15, 0.2) is 24.3 Å². The lowest BCUT2D eigenvalue weighted by atomic mass is 9.85. The van der Waals surface area contributed by atoms with Gasteiger partial charge < -0.3 is 9.88 Å². The molecular weight excluding hydrogens is 267 g/mol. The summed E-state index contributed by atoms with van der Waals surface area (Å²) in [6.45, 7) is 2.21. The molecule has 0 aliphatic heterocycles. The van der Waals surface area contributed by atoms with E-state index in [1.54, 1.807) is 18.2 Å². The van der Waals surface area contributed by atoms with Crippen molar-refractivity contribution in [3.05, 3.63) is 35.8 Å². The van der Waals surface area contributed by atoms with Gasteiger partial charge in [-0.2, -0.15) is 0 Å². The van der Waals surface area contributed by atoms with Crippen LogP contribution in [0.25, 0.3) is 10.9 Å². The Kier molecular flexibility index (Phi) is 3.70. The van der Waals surface area contributed by atoms with E-state index in [9.17, 15) is 9.18 Å². The lowest BCUT2D eigenvalue weighted by molar-refractivity contribution is 0.0624. The molecule has 112 valence electrons. The van der Waals surface area contributed by atoms with Crippen molar-refractivity contribution < 1.29 is 9.18 Å². The van der Waals surface area contributed by atoms with Crippen molar-refractivity contribution in [3.8, 4) is 0 Å². The number of benzene rings is 1. The van der Waals surface area contributed by atoms with Crippen LogP contribution in [0, 0.1) is 11.7 Å². The fraction of sp³-hybridized carbons (Fsp3) is 0.471. The number of halogens is 1. The first-order chi connectivity index (χ1) is 10.1. The molecule has 1 aromatic carbocycles. The number of carbonyl (C=O) groups excluding carboxylic acids is 1. The van der Waals surface area contributed by atoms with E-state index in [1.807, 2.05) is 11.9 Å². The normalized spacial score (nSPS) is 22.4. The van der Waals surface area contributed by atoms with Crippen molar-refractivity contribution in [2.24, 2.45) is 5.92 Å². The van der Waals surface area contributed by atoms with Gasteiger partial charge in [-0.05, 0) is 37.0 Å². The van der Waals surface area contributed by atoms with Crippen LogP contribution >= 0.6 is 0 Å². The maximum Gasteiger partial charge on any atom is 0.270 e. The molecule has 1 saturated carbocycles. The van der Waals surface area contributed by atoms with Crippen molar-refractivity contribution in [1.29, 1.82) is 0 Å². The predicted octanol–water partition coefficient (Wildman–Crippen LogP) is 3.96. The van der Waals surface area contributed by atoms with Gasteiger partial charge in [0.15, 0.2) is 0 Å². The zero-order valence-electron chi connectivity index (χ0n) is 12.5. The average molecular weight is 288 g/mol. The summed E-state index contributed by atoms with van der Waals surface area (Å²) in [6, 6.07) is 6.75. The molecule has 2 atom stereocenters. The molecule has 0 radical (unpaired) electrons. The number of aromatic nitrogens is 1. The van der Waals surface area contributed by atoms with E-state index in [1.165, 1.54) is 25.3 Å². The molecule has 3 rings (SSSR count). The van der Waals surface area contributed by atoms with Crippen LogP contribution in [0.3, 0.4) is 0 Å². The van der Waals surface area contributed by atoms with Gasteiger partial charge in [-0.3, -0.25) is 4.79 Å². The van der Waals surface area contributed by atoms with Gasteiger partial charge in [0.1, 0.15) is 11.5 Å². The number of carbonyl (C=O) groups is 1. The molecule has 1 amide bonds. The molecule has 0 saturated heterocycles. The van der Waals surface area contributed by atoms with E-state index in [2.05, 4.69) is 11.9 Å². The molecule has 1 aromatic heterocycles. The molecule has 1 fully saturated rings. The highest BCUT2D eigenvalue weighted by Crippen LogP contribution is 2.28. The molecule has 0 spiro atoms. The Bertz CT molecular complexity index is 664. The minimum Gasteiger partial charge on any atom is -0.350 e. The second-order valence-electron chi connectivity index (χ2n) is 6.13. The zero-order chi connectivity index (χ0) is 15.0. The minimum absolute atomic E-state index is 0.0515. The van der Waals surface area contributed by atoms with E-state index >= 15 is 0 Å². The van der Waals surface area contributed by atoms with Crippen LogP contribution in [0.5, 0.6) is 0 Å². The number of hydrogen-bond acceptors (Lipinski definition) is 1. The van der Waals surface area contributed by atoms with Gasteiger partial charge in [-0.15, -0.1) is 0 Å². The molecule has 4 heteroatoms. The van der Waals surface area contributed by atoms with Crippen molar-refractivity contribution in [2.75, 3.05) is 7.05 Å². The summed E-state index contributed by atoms with van der Waals surface area (Å²) in [7, 11) is 1.86. The van der Waals surface area contributed by atoms with Crippen molar-refractivity contribution in [3.63, 3.8) is 0 Å². The second kappa shape index (κ2) is 5.51. The van der Waals surface area contributed by atoms with Crippen LogP contribution in [0.2, 0.25) is 0 Å². The zero-order valence-corrected chi connectivity index (χ0v) is 12.5. The Hall–Kier alpha value is -1.84. The summed E-state index contributed by atoms with van der Waals surface area (Å²) in [5, 5.41) is 0.478. The number of H-pyrrole nitrogens is 1. The van der Waals surface area contributed by atoms with Crippen molar-refractivity contribution in [1.82, 2.24) is 9.88 Å². The van der Waals surface area contributed by atoms with Crippen molar-refractivity contribution >= 4 is 16.8 Å². The highest BCUT2D eigenvalue weighted by atomic mass is 19.1. The Labute approximate surface area is 124 Å². The lowest BCUT2D eigenvalue weighted by Crippen LogP contribution is -2.42. The molecule has 3 nitrogen and oxygen atoms in total. The van der Waals surface area contributed by atoms with E-state index in [4.69, 9.17) is 0 Å². The summed E-state index contributed by atoms with van der Waals surface area (Å²) in [5.41, 5.74) is 1.14. The molecule has 2 aromatic rings. The van der Waals surface area contributed by atoms with Crippen molar-refractivity contribution in [2.45, 2.75) is 38.6 Å². The van der Waals surface area contributed by atoms with Crippen LogP contribution < -0.4 is 0 Å². The van der Waals surface area contributed by atoms with Gasteiger partial charge in [0.2, 0.25) is 0 Å². The van der Waals surface area contributed by atoms with Gasteiger partial charge in [-0.25, -0.2) is 4.39 Å². The molecule has 1 heterocycles. The fourth-order valence-corrected chi connectivity index (χ4v) is 3.45. The summed E-state index contributed by atoms with van der Waals surface area (Å²) < 4.78 is 13.7. The maximum atomic E-state index is 13.7. The Morgan fingerprint density at radius 2 is 2.10 bits per heavy atom. The van der Waals surface area contributed by atoms with Gasteiger partial charge in [-0.1, -0.05) is 25.8 Å². The Morgan fingerprint density at radius 1 is 1.33 bits per heavy atom. The third-order valence-corrected chi connectivity index (χ3v) is 4.73. The minimum atomic E-state index is -0.295.